The van der Waals surface area contributed by atoms with Crippen LogP contribution in [-0.4, -0.2) is 57.9 Å². The fourth-order valence-corrected chi connectivity index (χ4v) is 3.91. The molecule has 0 bridgehead atoms. The molecule has 126 valence electrons. The van der Waals surface area contributed by atoms with Crippen LogP contribution in [0.5, 0.6) is 0 Å². The second-order valence-corrected chi connectivity index (χ2v) is 7.25. The maximum atomic E-state index is 12.0. The SMILES string of the molecule is CC(C)N1CC(CN2CCC(c3ccncn3)CC2)CCC1=O. The quantitative estimate of drug-likeness (QED) is 0.855. The minimum Gasteiger partial charge on any atom is -0.340 e. The van der Waals surface area contributed by atoms with Gasteiger partial charge in [0.1, 0.15) is 6.33 Å². The minimum absolute atomic E-state index is 0.328. The van der Waals surface area contributed by atoms with Gasteiger partial charge in [-0.05, 0) is 58.2 Å². The highest BCUT2D eigenvalue weighted by Gasteiger charge is 2.30. The van der Waals surface area contributed by atoms with E-state index in [-0.39, 0.29) is 0 Å². The van der Waals surface area contributed by atoms with Crippen LogP contribution in [0.3, 0.4) is 0 Å². The van der Waals surface area contributed by atoms with E-state index in [0.29, 0.717) is 23.8 Å². The summed E-state index contributed by atoms with van der Waals surface area (Å²) in [4.78, 5) is 25.0. The number of carbonyl (C=O) groups excluding carboxylic acids is 1. The average Bonchev–Trinajstić information content (AvgIpc) is 2.58. The predicted molar refractivity (Wildman–Crippen MR) is 90.0 cm³/mol. The fraction of sp³-hybridized carbons (Fsp3) is 0.722. The van der Waals surface area contributed by atoms with Gasteiger partial charge in [-0.15, -0.1) is 0 Å². The Bertz CT molecular complexity index is 511. The number of nitrogens with zero attached hydrogens (tertiary/aromatic N) is 4. The first-order chi connectivity index (χ1) is 11.1. The number of amides is 1. The third-order valence-corrected chi connectivity index (χ3v) is 5.29. The first kappa shape index (κ1) is 16.4. The van der Waals surface area contributed by atoms with Crippen LogP contribution >= 0.6 is 0 Å². The molecule has 23 heavy (non-hydrogen) atoms. The van der Waals surface area contributed by atoms with Gasteiger partial charge >= 0.3 is 0 Å². The Morgan fingerprint density at radius 2 is 2.04 bits per heavy atom. The summed E-state index contributed by atoms with van der Waals surface area (Å²) in [7, 11) is 0. The van der Waals surface area contributed by atoms with Crippen molar-refractivity contribution in [2.75, 3.05) is 26.2 Å². The van der Waals surface area contributed by atoms with Crippen LogP contribution in [0.15, 0.2) is 18.6 Å². The van der Waals surface area contributed by atoms with Gasteiger partial charge in [0.2, 0.25) is 5.91 Å². The predicted octanol–water partition coefficient (Wildman–Crippen LogP) is 2.30. The van der Waals surface area contributed by atoms with Crippen LogP contribution in [0.25, 0.3) is 0 Å². The lowest BCUT2D eigenvalue weighted by Crippen LogP contribution is -2.47. The van der Waals surface area contributed by atoms with E-state index in [1.165, 1.54) is 18.5 Å². The lowest BCUT2D eigenvalue weighted by atomic mass is 9.91. The molecule has 5 nitrogen and oxygen atoms in total. The molecule has 2 saturated heterocycles. The summed E-state index contributed by atoms with van der Waals surface area (Å²) in [6.45, 7) is 8.58. The maximum absolute atomic E-state index is 12.0. The van der Waals surface area contributed by atoms with Gasteiger partial charge in [0, 0.05) is 43.4 Å². The molecule has 2 fully saturated rings. The Morgan fingerprint density at radius 3 is 2.70 bits per heavy atom. The molecule has 2 aliphatic heterocycles. The Balaban J connectivity index is 1.48. The average molecular weight is 316 g/mol. The van der Waals surface area contributed by atoms with E-state index < -0.39 is 0 Å². The van der Waals surface area contributed by atoms with Crippen molar-refractivity contribution in [3.8, 4) is 0 Å². The smallest absolute Gasteiger partial charge is 0.222 e. The lowest BCUT2D eigenvalue weighted by molar-refractivity contribution is -0.137. The van der Waals surface area contributed by atoms with Crippen molar-refractivity contribution < 1.29 is 4.79 Å². The zero-order valence-corrected chi connectivity index (χ0v) is 14.3. The van der Waals surface area contributed by atoms with E-state index in [9.17, 15) is 4.79 Å². The van der Waals surface area contributed by atoms with E-state index in [2.05, 4.69) is 33.6 Å². The minimum atomic E-state index is 0.328. The molecule has 1 atom stereocenters. The van der Waals surface area contributed by atoms with E-state index in [0.717, 1.165) is 39.0 Å². The molecule has 0 spiro atoms. The highest BCUT2D eigenvalue weighted by molar-refractivity contribution is 5.77. The lowest BCUT2D eigenvalue weighted by Gasteiger charge is -2.39. The molecule has 3 heterocycles. The molecule has 3 rings (SSSR count). The van der Waals surface area contributed by atoms with Crippen LogP contribution in [-0.2, 0) is 4.79 Å². The van der Waals surface area contributed by atoms with E-state index >= 15 is 0 Å². The Hall–Kier alpha value is -1.49. The van der Waals surface area contributed by atoms with Crippen molar-refractivity contribution in [1.29, 1.82) is 0 Å². The van der Waals surface area contributed by atoms with Gasteiger partial charge < -0.3 is 9.80 Å². The van der Waals surface area contributed by atoms with Crippen LogP contribution < -0.4 is 0 Å². The molecule has 1 aromatic heterocycles. The Labute approximate surface area is 139 Å². The van der Waals surface area contributed by atoms with E-state index in [1.54, 1.807) is 6.33 Å². The van der Waals surface area contributed by atoms with Crippen molar-refractivity contribution in [3.63, 3.8) is 0 Å². The number of aromatic nitrogens is 2. The maximum Gasteiger partial charge on any atom is 0.222 e. The third-order valence-electron chi connectivity index (χ3n) is 5.29. The molecule has 1 unspecified atom stereocenters. The van der Waals surface area contributed by atoms with E-state index in [4.69, 9.17) is 0 Å². The summed E-state index contributed by atoms with van der Waals surface area (Å²) in [5.41, 5.74) is 1.19. The van der Waals surface area contributed by atoms with Gasteiger partial charge in [-0.25, -0.2) is 9.97 Å². The monoisotopic (exact) mass is 316 g/mol. The zero-order valence-electron chi connectivity index (χ0n) is 14.3. The molecule has 0 aromatic carbocycles. The zero-order chi connectivity index (χ0) is 16.2. The van der Waals surface area contributed by atoms with Crippen molar-refractivity contribution in [1.82, 2.24) is 19.8 Å². The Morgan fingerprint density at radius 1 is 1.26 bits per heavy atom. The van der Waals surface area contributed by atoms with Gasteiger partial charge in [0.05, 0.1) is 0 Å². The molecular weight excluding hydrogens is 288 g/mol. The summed E-state index contributed by atoms with van der Waals surface area (Å²) >= 11 is 0. The van der Waals surface area contributed by atoms with Crippen molar-refractivity contribution in [2.45, 2.75) is 51.5 Å². The number of piperidine rings is 2. The fourth-order valence-electron chi connectivity index (χ4n) is 3.91. The van der Waals surface area contributed by atoms with Crippen LogP contribution in [0.4, 0.5) is 0 Å². The largest absolute Gasteiger partial charge is 0.340 e. The number of hydrogen-bond donors (Lipinski definition) is 0. The third kappa shape index (κ3) is 4.08. The van der Waals surface area contributed by atoms with Gasteiger partial charge in [0.15, 0.2) is 0 Å². The van der Waals surface area contributed by atoms with Crippen molar-refractivity contribution in [2.24, 2.45) is 5.92 Å². The molecule has 1 aromatic rings. The molecule has 2 aliphatic rings. The highest BCUT2D eigenvalue weighted by Crippen LogP contribution is 2.28. The molecule has 0 N–H and O–H groups in total. The summed E-state index contributed by atoms with van der Waals surface area (Å²) in [5.74, 6) is 1.54. The first-order valence-electron chi connectivity index (χ1n) is 8.91. The molecule has 0 radical (unpaired) electrons. The van der Waals surface area contributed by atoms with Crippen LogP contribution in [0.2, 0.25) is 0 Å². The summed E-state index contributed by atoms with van der Waals surface area (Å²) in [6, 6.07) is 2.38. The topological polar surface area (TPSA) is 49.3 Å². The molecule has 1 amide bonds. The van der Waals surface area contributed by atoms with E-state index in [1.807, 2.05) is 12.3 Å². The Kier molecular flexibility index (Phi) is 5.26. The molecule has 5 heteroatoms. The number of likely N-dealkylation sites (tertiary alicyclic amines) is 2. The molecular formula is C18H28N4O. The van der Waals surface area contributed by atoms with Gasteiger partial charge in [-0.2, -0.15) is 0 Å². The van der Waals surface area contributed by atoms with Gasteiger partial charge in [0.25, 0.3) is 0 Å². The normalized spacial score (nSPS) is 24.4. The van der Waals surface area contributed by atoms with Crippen LogP contribution in [0.1, 0.15) is 51.1 Å². The number of rotatable bonds is 4. The van der Waals surface area contributed by atoms with Crippen LogP contribution in [0, 0.1) is 5.92 Å². The molecule has 0 aliphatic carbocycles. The summed E-state index contributed by atoms with van der Waals surface area (Å²) in [5, 5.41) is 0. The first-order valence-corrected chi connectivity index (χ1v) is 8.91. The second-order valence-electron chi connectivity index (χ2n) is 7.25. The summed E-state index contributed by atoms with van der Waals surface area (Å²) in [6.07, 6.45) is 7.62. The van der Waals surface area contributed by atoms with Gasteiger partial charge in [-0.1, -0.05) is 0 Å². The molecule has 0 saturated carbocycles. The second kappa shape index (κ2) is 7.39. The summed E-state index contributed by atoms with van der Waals surface area (Å²) < 4.78 is 0. The number of hydrogen-bond acceptors (Lipinski definition) is 4. The van der Waals surface area contributed by atoms with Gasteiger partial charge in [-0.3, -0.25) is 4.79 Å². The highest BCUT2D eigenvalue weighted by atomic mass is 16.2. The van der Waals surface area contributed by atoms with Crippen molar-refractivity contribution in [3.05, 3.63) is 24.3 Å². The van der Waals surface area contributed by atoms with Crippen molar-refractivity contribution >= 4 is 5.91 Å². The standard InChI is InChI=1S/C18H28N4O/c1-14(2)22-12-15(3-4-18(22)23)11-21-9-6-16(7-10-21)17-5-8-19-13-20-17/h5,8,13-16H,3-4,6-7,9-12H2,1-2H3. The number of carbonyl (C=O) groups is 1.